The number of carbonyl (C=O) groups is 2. The third-order valence-corrected chi connectivity index (χ3v) is 10.2. The SMILES string of the molecule is CCCC=CCC=CCC=CCC=CCC=CCCCC(=O)OCN1C(=O)CCc2ccc(OCCCCN3CCN(c4cccc5ccccc45)CC3)nc21. The van der Waals surface area contributed by atoms with E-state index >= 15 is 0 Å². The Morgan fingerprint density at radius 1 is 0.732 bits per heavy atom. The summed E-state index contributed by atoms with van der Waals surface area (Å²) in [6.07, 6.45) is 32.8. The number of benzene rings is 2. The van der Waals surface area contributed by atoms with Crippen LogP contribution in [0.1, 0.15) is 89.5 Å². The number of hydrogen-bond donors (Lipinski definition) is 0. The molecule has 0 spiro atoms. The molecule has 3 heterocycles. The van der Waals surface area contributed by atoms with E-state index in [-0.39, 0.29) is 18.6 Å². The molecule has 5 rings (SSSR count). The van der Waals surface area contributed by atoms with Crippen molar-refractivity contribution in [2.45, 2.75) is 90.4 Å². The van der Waals surface area contributed by atoms with Crippen molar-refractivity contribution in [3.63, 3.8) is 0 Å². The van der Waals surface area contributed by atoms with E-state index in [0.717, 1.165) is 89.7 Å². The van der Waals surface area contributed by atoms with Crippen molar-refractivity contribution in [2.24, 2.45) is 0 Å². The van der Waals surface area contributed by atoms with Crippen LogP contribution in [-0.2, 0) is 20.7 Å². The van der Waals surface area contributed by atoms with E-state index in [1.54, 1.807) is 0 Å². The predicted octanol–water partition coefficient (Wildman–Crippen LogP) is 10.3. The first-order chi connectivity index (χ1) is 27.6. The van der Waals surface area contributed by atoms with Crippen molar-refractivity contribution in [1.82, 2.24) is 9.88 Å². The van der Waals surface area contributed by atoms with Crippen LogP contribution in [0.2, 0.25) is 0 Å². The standard InChI is InChI=1S/C48H62N4O4/c1-2-3-4-5-6-7-8-9-10-11-12-13-14-15-16-17-18-19-29-47(54)56-40-52-46(53)33-31-42-30-32-45(49-48(42)52)55-39-23-22-34-50-35-37-51(38-36-50)44-28-24-26-41-25-20-21-27-43(41)44/h4-5,7-8,10-11,13-14,16-17,20-21,24-28,30,32H,2-3,6,9,12,15,18-19,22-23,29,31,33-40H2,1H3. The summed E-state index contributed by atoms with van der Waals surface area (Å²) in [4.78, 5) is 36.6. The number of unbranched alkanes of at least 4 members (excludes halogenated alkanes) is 3. The zero-order valence-electron chi connectivity index (χ0n) is 33.5. The number of anilines is 2. The maximum absolute atomic E-state index is 12.8. The highest BCUT2D eigenvalue weighted by molar-refractivity contribution is 5.95. The summed E-state index contributed by atoms with van der Waals surface area (Å²) < 4.78 is 11.6. The quantitative estimate of drug-likeness (QED) is 0.0541. The van der Waals surface area contributed by atoms with Crippen molar-refractivity contribution >= 4 is 34.2 Å². The second-order valence-electron chi connectivity index (χ2n) is 14.5. The molecule has 298 valence electrons. The lowest BCUT2D eigenvalue weighted by Gasteiger charge is -2.36. The van der Waals surface area contributed by atoms with Gasteiger partial charge in [0, 0.05) is 56.2 Å². The normalized spacial score (nSPS) is 15.4. The Kier molecular flexibility index (Phi) is 18.5. The van der Waals surface area contributed by atoms with Crippen LogP contribution in [0.15, 0.2) is 115 Å². The number of nitrogens with zero attached hydrogens (tertiary/aromatic N) is 4. The smallest absolute Gasteiger partial charge is 0.307 e. The summed E-state index contributed by atoms with van der Waals surface area (Å²) in [6.45, 7) is 7.82. The van der Waals surface area contributed by atoms with E-state index < -0.39 is 0 Å². The van der Waals surface area contributed by atoms with E-state index in [0.29, 0.717) is 44.0 Å². The molecule has 0 bridgehead atoms. The largest absolute Gasteiger partial charge is 0.478 e. The molecular formula is C48H62N4O4. The number of amides is 1. The molecule has 1 fully saturated rings. The number of allylic oxidation sites excluding steroid dienone is 10. The Morgan fingerprint density at radius 3 is 2.14 bits per heavy atom. The molecule has 0 atom stereocenters. The lowest BCUT2D eigenvalue weighted by molar-refractivity contribution is -0.144. The van der Waals surface area contributed by atoms with Crippen LogP contribution in [-0.4, -0.2) is 67.8 Å². The summed E-state index contributed by atoms with van der Waals surface area (Å²) in [7, 11) is 0. The fourth-order valence-corrected chi connectivity index (χ4v) is 6.97. The van der Waals surface area contributed by atoms with E-state index in [2.05, 4.69) is 125 Å². The highest BCUT2D eigenvalue weighted by Crippen LogP contribution is 2.29. The Labute approximate surface area is 335 Å². The number of carbonyl (C=O) groups excluding carboxylic acids is 2. The highest BCUT2D eigenvalue weighted by Gasteiger charge is 2.27. The number of piperazine rings is 1. The van der Waals surface area contributed by atoms with Crippen LogP contribution in [0.4, 0.5) is 11.5 Å². The molecule has 2 aliphatic heterocycles. The lowest BCUT2D eigenvalue weighted by atomic mass is 10.1. The van der Waals surface area contributed by atoms with Crippen molar-refractivity contribution in [3.05, 3.63) is 121 Å². The Hall–Kier alpha value is -4.95. The molecule has 0 unspecified atom stereocenters. The van der Waals surface area contributed by atoms with Gasteiger partial charge in [0.2, 0.25) is 11.8 Å². The number of fused-ring (bicyclic) bond motifs is 2. The van der Waals surface area contributed by atoms with E-state index in [1.807, 2.05) is 12.1 Å². The van der Waals surface area contributed by atoms with E-state index in [1.165, 1.54) is 27.8 Å². The number of aromatic nitrogens is 1. The van der Waals surface area contributed by atoms with Crippen LogP contribution in [0.25, 0.3) is 10.8 Å². The molecule has 0 radical (unpaired) electrons. The molecule has 3 aromatic rings. The maximum Gasteiger partial charge on any atom is 0.307 e. The average molecular weight is 759 g/mol. The Morgan fingerprint density at radius 2 is 1.41 bits per heavy atom. The summed E-state index contributed by atoms with van der Waals surface area (Å²) >= 11 is 0. The van der Waals surface area contributed by atoms with E-state index in [9.17, 15) is 9.59 Å². The molecule has 0 saturated carbocycles. The number of aryl methyl sites for hydroxylation is 1. The van der Waals surface area contributed by atoms with Crippen molar-refractivity contribution in [3.8, 4) is 5.88 Å². The molecule has 56 heavy (non-hydrogen) atoms. The van der Waals surface area contributed by atoms with Crippen LogP contribution in [0.5, 0.6) is 5.88 Å². The number of pyridine rings is 1. The molecule has 0 aliphatic carbocycles. The molecular weight excluding hydrogens is 697 g/mol. The highest BCUT2D eigenvalue weighted by atomic mass is 16.5. The van der Waals surface area contributed by atoms with Gasteiger partial charge in [-0.3, -0.25) is 19.4 Å². The number of esters is 1. The average Bonchev–Trinajstić information content (AvgIpc) is 3.22. The lowest BCUT2D eigenvalue weighted by Crippen LogP contribution is -2.46. The first kappa shape index (κ1) is 42.2. The summed E-state index contributed by atoms with van der Waals surface area (Å²) in [5.74, 6) is 0.621. The summed E-state index contributed by atoms with van der Waals surface area (Å²) in [5, 5.41) is 2.61. The number of rotatable bonds is 23. The van der Waals surface area contributed by atoms with Crippen LogP contribution in [0, 0.1) is 0 Å². The van der Waals surface area contributed by atoms with Gasteiger partial charge in [0.15, 0.2) is 6.73 Å². The van der Waals surface area contributed by atoms with E-state index in [4.69, 9.17) is 9.47 Å². The van der Waals surface area contributed by atoms with Gasteiger partial charge >= 0.3 is 5.97 Å². The van der Waals surface area contributed by atoms with Crippen molar-refractivity contribution in [1.29, 1.82) is 0 Å². The van der Waals surface area contributed by atoms with Gasteiger partial charge in [0.1, 0.15) is 5.82 Å². The first-order valence-electron chi connectivity index (χ1n) is 20.9. The third-order valence-electron chi connectivity index (χ3n) is 10.2. The van der Waals surface area contributed by atoms with Gasteiger partial charge < -0.3 is 14.4 Å². The summed E-state index contributed by atoms with van der Waals surface area (Å²) in [6, 6.07) is 19.0. The minimum absolute atomic E-state index is 0.0929. The van der Waals surface area contributed by atoms with Crippen molar-refractivity contribution < 1.29 is 19.1 Å². The second-order valence-corrected chi connectivity index (χ2v) is 14.5. The van der Waals surface area contributed by atoms with Gasteiger partial charge in [0.25, 0.3) is 0 Å². The third kappa shape index (κ3) is 14.3. The topological polar surface area (TPSA) is 75.2 Å². The van der Waals surface area contributed by atoms with Gasteiger partial charge in [-0.05, 0) is 93.8 Å². The monoisotopic (exact) mass is 758 g/mol. The fraction of sp³-hybridized carbons (Fsp3) is 0.438. The zero-order chi connectivity index (χ0) is 39.0. The van der Waals surface area contributed by atoms with Crippen molar-refractivity contribution in [2.75, 3.05) is 55.9 Å². The molecule has 1 aromatic heterocycles. The molecule has 2 aliphatic rings. The predicted molar refractivity (Wildman–Crippen MR) is 231 cm³/mol. The van der Waals surface area contributed by atoms with Gasteiger partial charge in [-0.1, -0.05) is 111 Å². The minimum atomic E-state index is -0.310. The Bertz CT molecular complexity index is 1800. The van der Waals surface area contributed by atoms with Gasteiger partial charge in [0.05, 0.1) is 6.61 Å². The molecule has 0 N–H and O–H groups in total. The molecule has 1 amide bonds. The minimum Gasteiger partial charge on any atom is -0.478 e. The molecule has 8 nitrogen and oxygen atoms in total. The van der Waals surface area contributed by atoms with Crippen LogP contribution < -0.4 is 14.5 Å². The molecule has 2 aromatic carbocycles. The number of hydrogen-bond acceptors (Lipinski definition) is 7. The van der Waals surface area contributed by atoms with Gasteiger partial charge in [-0.2, -0.15) is 4.98 Å². The summed E-state index contributed by atoms with van der Waals surface area (Å²) in [5.41, 5.74) is 2.29. The van der Waals surface area contributed by atoms with Crippen LogP contribution in [0.3, 0.4) is 0 Å². The number of ether oxygens (including phenoxy) is 2. The van der Waals surface area contributed by atoms with Gasteiger partial charge in [-0.25, -0.2) is 0 Å². The second kappa shape index (κ2) is 24.5. The zero-order valence-corrected chi connectivity index (χ0v) is 33.5. The first-order valence-corrected chi connectivity index (χ1v) is 20.9. The Balaban J connectivity index is 0.924. The molecule has 1 saturated heterocycles. The maximum atomic E-state index is 12.8. The van der Waals surface area contributed by atoms with Crippen LogP contribution >= 0.6 is 0 Å². The van der Waals surface area contributed by atoms with Gasteiger partial charge in [-0.15, -0.1) is 0 Å². The molecule has 8 heteroatoms. The fourth-order valence-electron chi connectivity index (χ4n) is 6.97.